The summed E-state index contributed by atoms with van der Waals surface area (Å²) in [5.74, 6) is -2.02. The molecule has 2 atom stereocenters. The van der Waals surface area contributed by atoms with Crippen LogP contribution in [0.3, 0.4) is 0 Å². The third kappa shape index (κ3) is 3.15. The van der Waals surface area contributed by atoms with Crippen LogP contribution in [0.4, 0.5) is 0 Å². The molecule has 3 N–H and O–H groups in total. The molecule has 0 radical (unpaired) electrons. The van der Waals surface area contributed by atoms with Crippen LogP contribution >= 0.6 is 0 Å². The Morgan fingerprint density at radius 1 is 1.67 bits per heavy atom. The number of nitrogens with zero attached hydrogens (tertiary/aromatic N) is 1. The van der Waals surface area contributed by atoms with Crippen LogP contribution in [0.15, 0.2) is 0 Å². The third-order valence-corrected chi connectivity index (χ3v) is 4.36. The fraction of sp³-hybridized carbons (Fsp3) is 0.875. The van der Waals surface area contributed by atoms with Crippen molar-refractivity contribution >= 4 is 16.0 Å². The van der Waals surface area contributed by atoms with Gasteiger partial charge in [0.25, 0.3) is 0 Å². The molecule has 0 aromatic heterocycles. The predicted molar refractivity (Wildman–Crippen MR) is 54.8 cm³/mol. The number of nitrogens with two attached hydrogens (primary N) is 1. The van der Waals surface area contributed by atoms with Crippen molar-refractivity contribution in [1.29, 1.82) is 0 Å². The fourth-order valence-corrected chi connectivity index (χ4v) is 2.98. The Hall–Kier alpha value is -0.660. The first-order chi connectivity index (χ1) is 6.83. The standard InChI is InChI=1S/C8H16N2O4S/c1-6(9)7-2-3-10(4-7)15(13,14)5-8(11)12/h6-7H,2-5,9H2,1H3,(H,11,12). The minimum Gasteiger partial charge on any atom is -0.480 e. The van der Waals surface area contributed by atoms with E-state index in [0.717, 1.165) is 0 Å². The van der Waals surface area contributed by atoms with Crippen molar-refractivity contribution in [3.8, 4) is 0 Å². The predicted octanol–water partition coefficient (Wildman–Crippen LogP) is -0.930. The first kappa shape index (κ1) is 12.4. The highest BCUT2D eigenvalue weighted by molar-refractivity contribution is 7.89. The van der Waals surface area contributed by atoms with Gasteiger partial charge in [-0.1, -0.05) is 0 Å². The minimum atomic E-state index is -3.65. The average Bonchev–Trinajstić information content (AvgIpc) is 2.48. The second kappa shape index (κ2) is 4.46. The van der Waals surface area contributed by atoms with Crippen molar-refractivity contribution in [2.75, 3.05) is 18.8 Å². The zero-order chi connectivity index (χ0) is 11.6. The van der Waals surface area contributed by atoms with Gasteiger partial charge in [0.15, 0.2) is 5.75 Å². The van der Waals surface area contributed by atoms with Crippen molar-refractivity contribution in [3.05, 3.63) is 0 Å². The summed E-state index contributed by atoms with van der Waals surface area (Å²) in [5.41, 5.74) is 5.67. The number of aliphatic carboxylic acids is 1. The van der Waals surface area contributed by atoms with Crippen LogP contribution in [0.25, 0.3) is 0 Å². The second-order valence-corrected chi connectivity index (χ2v) is 5.88. The molecule has 6 nitrogen and oxygen atoms in total. The molecule has 1 rings (SSSR count). The maximum Gasteiger partial charge on any atom is 0.320 e. The number of carbonyl (C=O) groups is 1. The zero-order valence-corrected chi connectivity index (χ0v) is 9.40. The molecule has 1 aliphatic rings. The largest absolute Gasteiger partial charge is 0.480 e. The highest BCUT2D eigenvalue weighted by Gasteiger charge is 2.33. The van der Waals surface area contributed by atoms with Gasteiger partial charge < -0.3 is 10.8 Å². The molecule has 1 heterocycles. The molecule has 0 aliphatic carbocycles. The maximum atomic E-state index is 11.5. The summed E-state index contributed by atoms with van der Waals surface area (Å²) in [6.07, 6.45) is 0.705. The fourth-order valence-electron chi connectivity index (χ4n) is 1.68. The Morgan fingerprint density at radius 3 is 2.67 bits per heavy atom. The lowest BCUT2D eigenvalue weighted by molar-refractivity contribution is -0.134. The molecule has 1 aliphatic heterocycles. The number of sulfonamides is 1. The van der Waals surface area contributed by atoms with E-state index in [1.807, 2.05) is 6.92 Å². The van der Waals surface area contributed by atoms with Crippen LogP contribution in [-0.2, 0) is 14.8 Å². The third-order valence-electron chi connectivity index (χ3n) is 2.63. The van der Waals surface area contributed by atoms with Crippen LogP contribution in [0.1, 0.15) is 13.3 Å². The van der Waals surface area contributed by atoms with E-state index < -0.39 is 21.7 Å². The summed E-state index contributed by atoms with van der Waals surface area (Å²) in [7, 11) is -3.65. The van der Waals surface area contributed by atoms with Gasteiger partial charge in [-0.15, -0.1) is 0 Å². The van der Waals surface area contributed by atoms with Gasteiger partial charge in [0.2, 0.25) is 10.0 Å². The Kier molecular flexibility index (Phi) is 3.69. The first-order valence-corrected chi connectivity index (χ1v) is 6.39. The van der Waals surface area contributed by atoms with Crippen LogP contribution in [-0.4, -0.2) is 48.7 Å². The van der Waals surface area contributed by atoms with Crippen molar-refractivity contribution in [2.45, 2.75) is 19.4 Å². The molecule has 0 aromatic carbocycles. The van der Waals surface area contributed by atoms with E-state index in [0.29, 0.717) is 19.5 Å². The number of carboxylic acid groups (broad SMARTS) is 1. The van der Waals surface area contributed by atoms with Crippen LogP contribution in [0.5, 0.6) is 0 Å². The molecule has 15 heavy (non-hydrogen) atoms. The quantitative estimate of drug-likeness (QED) is 0.656. The molecular formula is C8H16N2O4S. The normalized spacial score (nSPS) is 25.3. The van der Waals surface area contributed by atoms with Gasteiger partial charge in [-0.05, 0) is 19.3 Å². The highest BCUT2D eigenvalue weighted by Crippen LogP contribution is 2.21. The topological polar surface area (TPSA) is 101 Å². The average molecular weight is 236 g/mol. The van der Waals surface area contributed by atoms with Gasteiger partial charge >= 0.3 is 5.97 Å². The number of hydrogen-bond donors (Lipinski definition) is 2. The van der Waals surface area contributed by atoms with Gasteiger partial charge in [-0.3, -0.25) is 4.79 Å². The summed E-state index contributed by atoms with van der Waals surface area (Å²) in [4.78, 5) is 10.4. The molecule has 7 heteroatoms. The summed E-state index contributed by atoms with van der Waals surface area (Å²) >= 11 is 0. The molecule has 0 spiro atoms. The maximum absolute atomic E-state index is 11.5. The molecular weight excluding hydrogens is 220 g/mol. The number of rotatable bonds is 4. The molecule has 0 amide bonds. The molecule has 0 bridgehead atoms. The number of hydrogen-bond acceptors (Lipinski definition) is 4. The smallest absolute Gasteiger partial charge is 0.320 e. The van der Waals surface area contributed by atoms with E-state index in [2.05, 4.69) is 0 Å². The van der Waals surface area contributed by atoms with Gasteiger partial charge in [0, 0.05) is 19.1 Å². The Labute approximate surface area is 89.1 Å². The lowest BCUT2D eigenvalue weighted by Gasteiger charge is -2.16. The summed E-state index contributed by atoms with van der Waals surface area (Å²) < 4.78 is 24.2. The van der Waals surface area contributed by atoms with Crippen molar-refractivity contribution in [2.24, 2.45) is 11.7 Å². The lowest BCUT2D eigenvalue weighted by atomic mass is 10.0. The number of carboxylic acids is 1. The van der Waals surface area contributed by atoms with Gasteiger partial charge in [0.1, 0.15) is 0 Å². The molecule has 1 saturated heterocycles. The SMILES string of the molecule is CC(N)C1CCN(S(=O)(=O)CC(=O)O)C1. The van der Waals surface area contributed by atoms with E-state index in [4.69, 9.17) is 10.8 Å². The van der Waals surface area contributed by atoms with Gasteiger partial charge in [-0.2, -0.15) is 0 Å². The molecule has 88 valence electrons. The monoisotopic (exact) mass is 236 g/mol. The molecule has 0 saturated carbocycles. The zero-order valence-electron chi connectivity index (χ0n) is 8.59. The molecule has 1 fully saturated rings. The Morgan fingerprint density at radius 2 is 2.27 bits per heavy atom. The summed E-state index contributed by atoms with van der Waals surface area (Å²) in [5, 5.41) is 8.45. The second-order valence-electron chi connectivity index (χ2n) is 3.92. The first-order valence-electron chi connectivity index (χ1n) is 4.78. The van der Waals surface area contributed by atoms with E-state index in [9.17, 15) is 13.2 Å². The van der Waals surface area contributed by atoms with Crippen LogP contribution in [0.2, 0.25) is 0 Å². The Bertz CT molecular complexity index is 339. The van der Waals surface area contributed by atoms with Crippen molar-refractivity contribution in [1.82, 2.24) is 4.31 Å². The van der Waals surface area contributed by atoms with Crippen LogP contribution in [0, 0.1) is 5.92 Å². The van der Waals surface area contributed by atoms with Crippen molar-refractivity contribution < 1.29 is 18.3 Å². The van der Waals surface area contributed by atoms with Gasteiger partial charge in [0.05, 0.1) is 0 Å². The van der Waals surface area contributed by atoms with E-state index >= 15 is 0 Å². The van der Waals surface area contributed by atoms with E-state index in [1.165, 1.54) is 4.31 Å². The highest BCUT2D eigenvalue weighted by atomic mass is 32.2. The minimum absolute atomic E-state index is 0.0602. The van der Waals surface area contributed by atoms with E-state index in [-0.39, 0.29) is 12.0 Å². The van der Waals surface area contributed by atoms with Crippen LogP contribution < -0.4 is 5.73 Å². The molecule has 0 aromatic rings. The van der Waals surface area contributed by atoms with Crippen molar-refractivity contribution in [3.63, 3.8) is 0 Å². The Balaban J connectivity index is 2.64. The summed E-state index contributed by atoms with van der Waals surface area (Å²) in [6.45, 7) is 2.55. The molecule has 2 unspecified atom stereocenters. The summed E-state index contributed by atoms with van der Waals surface area (Å²) in [6, 6.07) is -0.0602. The lowest BCUT2D eigenvalue weighted by Crippen LogP contribution is -2.36. The van der Waals surface area contributed by atoms with Gasteiger partial charge in [-0.25, -0.2) is 12.7 Å². The van der Waals surface area contributed by atoms with E-state index in [1.54, 1.807) is 0 Å².